The van der Waals surface area contributed by atoms with Crippen molar-refractivity contribution in [2.45, 2.75) is 4.90 Å². The Labute approximate surface area is 121 Å². The number of hydrogen-bond donors (Lipinski definition) is 1. The van der Waals surface area contributed by atoms with Crippen molar-refractivity contribution >= 4 is 30.2 Å². The van der Waals surface area contributed by atoms with Crippen molar-refractivity contribution in [3.05, 3.63) is 70.5 Å². The van der Waals surface area contributed by atoms with E-state index in [4.69, 9.17) is 0 Å². The minimum atomic E-state index is -1.19. The summed E-state index contributed by atoms with van der Waals surface area (Å²) in [6.45, 7) is -0.0481. The molecule has 1 unspecified atom stereocenters. The van der Waals surface area contributed by atoms with E-state index in [0.717, 1.165) is 9.37 Å². The molecule has 0 amide bonds. The minimum absolute atomic E-state index is 0.0143. The molecule has 1 atom stereocenters. The van der Waals surface area contributed by atoms with Crippen LogP contribution in [0.3, 0.4) is 0 Å². The van der Waals surface area contributed by atoms with Crippen LogP contribution in [-0.4, -0.2) is 30.9 Å². The molecule has 0 radical (unpaired) electrons. The predicted octanol–water partition coefficient (Wildman–Crippen LogP) is 1.66. The van der Waals surface area contributed by atoms with E-state index >= 15 is 0 Å². The molecule has 0 aliphatic carbocycles. The van der Waals surface area contributed by atoms with Gasteiger partial charge in [0.25, 0.3) is 0 Å². The van der Waals surface area contributed by atoms with Gasteiger partial charge in [-0.05, 0) is 0 Å². The van der Waals surface area contributed by atoms with Crippen LogP contribution in [0.1, 0.15) is 0 Å². The Morgan fingerprint density at radius 2 is 1.63 bits per heavy atom. The number of benzene rings is 2. The summed E-state index contributed by atoms with van der Waals surface area (Å²) >= 11 is 0.0143. The van der Waals surface area contributed by atoms with Gasteiger partial charge in [-0.1, -0.05) is 0 Å². The molecule has 2 aromatic carbocycles. The fraction of sp³-hybridized carbons (Fsp3) is 0.0667. The van der Waals surface area contributed by atoms with E-state index in [0.29, 0.717) is 0 Å². The van der Waals surface area contributed by atoms with Gasteiger partial charge < -0.3 is 0 Å². The second-order valence-electron chi connectivity index (χ2n) is 3.77. The standard InChI is InChI=1S/C15H14O2SSe/c16-11-15(19-14-9-5-2-6-10-14)12-18(17)13-7-3-1-4-8-13/h1-10,12,16H,11H2/b15-12+. The molecule has 4 heteroatoms. The first-order valence-corrected chi connectivity index (χ1v) is 8.72. The van der Waals surface area contributed by atoms with Gasteiger partial charge >= 0.3 is 122 Å². The molecule has 0 aromatic heterocycles. The maximum absolute atomic E-state index is 12.1. The number of aliphatic hydroxyl groups is 1. The van der Waals surface area contributed by atoms with Crippen molar-refractivity contribution in [1.82, 2.24) is 0 Å². The molecule has 2 aromatic rings. The second kappa shape index (κ2) is 7.41. The van der Waals surface area contributed by atoms with E-state index in [9.17, 15) is 9.32 Å². The van der Waals surface area contributed by atoms with E-state index < -0.39 is 10.8 Å². The van der Waals surface area contributed by atoms with Gasteiger partial charge in [-0.3, -0.25) is 0 Å². The molecule has 0 aliphatic rings. The third-order valence-electron chi connectivity index (χ3n) is 2.36. The molecule has 19 heavy (non-hydrogen) atoms. The summed E-state index contributed by atoms with van der Waals surface area (Å²) in [5.74, 6) is 0. The van der Waals surface area contributed by atoms with Crippen LogP contribution in [0.2, 0.25) is 0 Å². The van der Waals surface area contributed by atoms with E-state index in [1.54, 1.807) is 5.41 Å². The summed E-state index contributed by atoms with van der Waals surface area (Å²) in [6, 6.07) is 19.2. The van der Waals surface area contributed by atoms with Crippen LogP contribution in [-0.2, 0) is 10.8 Å². The molecule has 0 bridgehead atoms. The zero-order valence-electron chi connectivity index (χ0n) is 10.2. The van der Waals surface area contributed by atoms with Gasteiger partial charge in [0, 0.05) is 0 Å². The first kappa shape index (κ1) is 14.2. The predicted molar refractivity (Wildman–Crippen MR) is 79.8 cm³/mol. The van der Waals surface area contributed by atoms with E-state index in [-0.39, 0.29) is 21.6 Å². The van der Waals surface area contributed by atoms with Crippen LogP contribution in [0.4, 0.5) is 0 Å². The molecular formula is C15H14O2SSe. The van der Waals surface area contributed by atoms with Crippen molar-refractivity contribution in [2.24, 2.45) is 0 Å². The third kappa shape index (κ3) is 4.44. The number of rotatable bonds is 5. The molecule has 1 N–H and O–H groups in total. The van der Waals surface area contributed by atoms with Crippen molar-refractivity contribution in [3.8, 4) is 0 Å². The van der Waals surface area contributed by atoms with Gasteiger partial charge in [0.15, 0.2) is 0 Å². The van der Waals surface area contributed by atoms with Crippen LogP contribution >= 0.6 is 0 Å². The molecule has 2 nitrogen and oxygen atoms in total. The van der Waals surface area contributed by atoms with Gasteiger partial charge in [0.1, 0.15) is 0 Å². The first-order valence-electron chi connectivity index (χ1n) is 5.79. The normalized spacial score (nSPS) is 13.2. The zero-order chi connectivity index (χ0) is 13.5. The van der Waals surface area contributed by atoms with Crippen LogP contribution in [0.5, 0.6) is 0 Å². The monoisotopic (exact) mass is 338 g/mol. The first-order chi connectivity index (χ1) is 9.29. The summed E-state index contributed by atoms with van der Waals surface area (Å²) in [4.78, 5) is 0.761. The second-order valence-corrected chi connectivity index (χ2v) is 7.59. The van der Waals surface area contributed by atoms with Crippen molar-refractivity contribution < 1.29 is 9.32 Å². The van der Waals surface area contributed by atoms with E-state index in [1.165, 1.54) is 4.46 Å². The summed E-state index contributed by atoms with van der Waals surface area (Å²) < 4.78 is 14.1. The van der Waals surface area contributed by atoms with Crippen LogP contribution in [0, 0.1) is 0 Å². The van der Waals surface area contributed by atoms with Gasteiger partial charge in [-0.25, -0.2) is 0 Å². The average Bonchev–Trinajstić information content (AvgIpc) is 2.48. The molecule has 0 spiro atoms. The van der Waals surface area contributed by atoms with Crippen LogP contribution in [0.25, 0.3) is 0 Å². The van der Waals surface area contributed by atoms with Crippen LogP contribution in [0.15, 0.2) is 75.4 Å². The molecule has 98 valence electrons. The van der Waals surface area contributed by atoms with Crippen LogP contribution < -0.4 is 4.46 Å². The van der Waals surface area contributed by atoms with Gasteiger partial charge in [-0.2, -0.15) is 0 Å². The van der Waals surface area contributed by atoms with Crippen molar-refractivity contribution in [3.63, 3.8) is 0 Å². The molecule has 0 aliphatic heterocycles. The molecule has 0 fully saturated rings. The Hall–Kier alpha value is -1.19. The fourth-order valence-electron chi connectivity index (χ4n) is 1.48. The van der Waals surface area contributed by atoms with Gasteiger partial charge in [-0.15, -0.1) is 0 Å². The van der Waals surface area contributed by atoms with E-state index in [2.05, 4.69) is 0 Å². The molecular weight excluding hydrogens is 323 g/mol. The Bertz CT molecular complexity index is 567. The summed E-state index contributed by atoms with van der Waals surface area (Å²) in [5.41, 5.74) is 0. The molecule has 0 heterocycles. The maximum atomic E-state index is 12.1. The number of aliphatic hydroxyl groups excluding tert-OH is 1. The quantitative estimate of drug-likeness (QED) is 0.843. The molecule has 0 saturated carbocycles. The van der Waals surface area contributed by atoms with Gasteiger partial charge in [0.05, 0.1) is 0 Å². The Kier molecular flexibility index (Phi) is 5.55. The summed E-state index contributed by atoms with van der Waals surface area (Å²) in [7, 11) is -1.19. The third-order valence-corrected chi connectivity index (χ3v) is 6.07. The fourth-order valence-corrected chi connectivity index (χ4v) is 4.64. The number of hydrogen-bond acceptors (Lipinski definition) is 2. The molecule has 0 saturated heterocycles. The summed E-state index contributed by atoms with van der Waals surface area (Å²) in [5, 5.41) is 11.1. The van der Waals surface area contributed by atoms with Crippen molar-refractivity contribution in [1.29, 1.82) is 0 Å². The Morgan fingerprint density at radius 1 is 1.05 bits per heavy atom. The Balaban J connectivity index is 2.13. The summed E-state index contributed by atoms with van der Waals surface area (Å²) in [6.07, 6.45) is 0. The topological polar surface area (TPSA) is 37.3 Å². The van der Waals surface area contributed by atoms with Gasteiger partial charge in [0.2, 0.25) is 0 Å². The van der Waals surface area contributed by atoms with Crippen molar-refractivity contribution in [2.75, 3.05) is 6.61 Å². The van der Waals surface area contributed by atoms with E-state index in [1.807, 2.05) is 60.7 Å². The average molecular weight is 337 g/mol. The zero-order valence-corrected chi connectivity index (χ0v) is 12.8. The SMILES string of the molecule is O=S(/C=C(\CO)[Se]c1ccccc1)c1ccccc1. The Morgan fingerprint density at radius 3 is 2.21 bits per heavy atom. The molecule has 2 rings (SSSR count).